The normalized spacial score (nSPS) is 11.2. The molecule has 0 rings (SSSR count). The number of esters is 8. The highest BCUT2D eigenvalue weighted by Crippen LogP contribution is 2.23. The maximum Gasteiger partial charge on any atom is 0.424 e. The number of ketones is 2. The van der Waals surface area contributed by atoms with Gasteiger partial charge in [-0.15, -0.1) is 0 Å². The van der Waals surface area contributed by atoms with Gasteiger partial charge in [-0.05, 0) is 55.4 Å². The monoisotopic (exact) mass is 1260 g/mol. The lowest BCUT2D eigenvalue weighted by Crippen LogP contribution is -2.51. The summed E-state index contributed by atoms with van der Waals surface area (Å²) in [5.74, 6) is -7.43. The molecule has 86 heavy (non-hydrogen) atoms. The molecule has 0 aliphatic carbocycles. The Hall–Kier alpha value is -5.46. The van der Waals surface area contributed by atoms with Crippen molar-refractivity contribution in [2.45, 2.75) is 186 Å². The van der Waals surface area contributed by atoms with E-state index in [1.165, 1.54) is 0 Å². The van der Waals surface area contributed by atoms with Crippen LogP contribution in [0.3, 0.4) is 0 Å². The molecule has 0 radical (unpaired) electrons. The van der Waals surface area contributed by atoms with Gasteiger partial charge in [0.15, 0.2) is 65.5 Å². The lowest BCUT2D eigenvalue weighted by molar-refractivity contribution is -0.530. The van der Waals surface area contributed by atoms with Gasteiger partial charge in [-0.3, -0.25) is 76.3 Å². The summed E-state index contributed by atoms with van der Waals surface area (Å²) in [4.78, 5) is 114. The first-order valence-electron chi connectivity index (χ1n) is 28.2. The van der Waals surface area contributed by atoms with E-state index in [9.17, 15) is 47.9 Å². The van der Waals surface area contributed by atoms with Gasteiger partial charge in [-0.2, -0.15) is 0 Å². The molecule has 0 N–H and O–H groups in total. The Labute approximate surface area is 503 Å². The molecule has 0 atom stereocenters. The van der Waals surface area contributed by atoms with Crippen LogP contribution in [0.5, 0.6) is 0 Å². The van der Waals surface area contributed by atoms with Crippen LogP contribution in [-0.2, 0) is 152 Å². The van der Waals surface area contributed by atoms with E-state index in [4.69, 9.17) is 104 Å². The van der Waals surface area contributed by atoms with Crippen molar-refractivity contribution in [1.29, 1.82) is 0 Å². The Morgan fingerprint density at radius 1 is 0.209 bits per heavy atom. The van der Waals surface area contributed by atoms with E-state index in [1.807, 2.05) is 27.7 Å². The number of carbonyl (C=O) groups is 10. The van der Waals surface area contributed by atoms with Gasteiger partial charge in [0.1, 0.15) is 0 Å². The Morgan fingerprint density at radius 3 is 0.581 bits per heavy atom. The van der Waals surface area contributed by atoms with E-state index >= 15 is 0 Å². The topological polar surface area (TPSA) is 374 Å². The van der Waals surface area contributed by atoms with Crippen molar-refractivity contribution in [3.63, 3.8) is 0 Å². The van der Waals surface area contributed by atoms with Crippen LogP contribution in [0.2, 0.25) is 0 Å². The minimum Gasteiger partial charge on any atom is -0.464 e. The Bertz CT molecular complexity index is 1670. The highest BCUT2D eigenvalue weighted by atomic mass is 17.1. The van der Waals surface area contributed by atoms with E-state index in [0.29, 0.717) is 26.4 Å². The summed E-state index contributed by atoms with van der Waals surface area (Å²) in [7, 11) is 0. The van der Waals surface area contributed by atoms with Crippen LogP contribution in [0, 0.1) is 0 Å². The molecule has 0 heterocycles. The maximum absolute atomic E-state index is 11.7. The van der Waals surface area contributed by atoms with Crippen molar-refractivity contribution in [3.8, 4) is 0 Å². The van der Waals surface area contributed by atoms with Gasteiger partial charge in [0, 0.05) is 64.6 Å². The van der Waals surface area contributed by atoms with Crippen molar-refractivity contribution in [2.75, 3.05) is 107 Å². The molecule has 0 spiro atoms. The number of hydrogen-bond acceptors (Lipinski definition) is 32. The zero-order valence-corrected chi connectivity index (χ0v) is 53.0. The van der Waals surface area contributed by atoms with Crippen molar-refractivity contribution < 1.29 is 152 Å². The van der Waals surface area contributed by atoms with E-state index < -0.39 is 126 Å². The van der Waals surface area contributed by atoms with E-state index in [2.05, 4.69) is 0 Å². The Balaban J connectivity index is -0.000000551. The summed E-state index contributed by atoms with van der Waals surface area (Å²) in [6, 6.07) is 0. The first-order valence-corrected chi connectivity index (χ1v) is 28.2. The van der Waals surface area contributed by atoms with Crippen molar-refractivity contribution in [1.82, 2.24) is 0 Å². The summed E-state index contributed by atoms with van der Waals surface area (Å²) in [6.07, 6.45) is -5.39. The number of rotatable bonds is 48. The van der Waals surface area contributed by atoms with Crippen LogP contribution in [-0.4, -0.2) is 190 Å². The fraction of sp³-hybridized carbons (Fsp3) is 0.815. The van der Waals surface area contributed by atoms with Crippen LogP contribution in [0.15, 0.2) is 0 Å². The molecule has 504 valence electrons. The lowest BCUT2D eigenvalue weighted by atomic mass is 10.0. The molecule has 0 aliphatic heterocycles. The molecule has 0 amide bonds. The Morgan fingerprint density at radius 2 is 0.407 bits per heavy atom. The summed E-state index contributed by atoms with van der Waals surface area (Å²) in [5, 5.41) is 0. The third kappa shape index (κ3) is 41.6. The van der Waals surface area contributed by atoms with Gasteiger partial charge < -0.3 is 66.3 Å². The molecule has 0 saturated carbocycles. The molecule has 0 bridgehead atoms. The van der Waals surface area contributed by atoms with E-state index in [-0.39, 0.29) is 89.4 Å². The highest BCUT2D eigenvalue weighted by Gasteiger charge is 2.46. The van der Waals surface area contributed by atoms with Gasteiger partial charge in [0.25, 0.3) is 5.79 Å². The Kier molecular flexibility index (Phi) is 55.5. The first kappa shape index (κ1) is 87.0. The first-order chi connectivity index (χ1) is 41.0. The standard InChI is InChI=1S/2C17H28O12.C11H20O4.C9H20O4/c1-5-13(18)24-11-28-17(26-9-15(20)22-7-3,27-10-16(21)23-8-4)29-12-25-14(19)6-2;1-5-13(18)22-9-26-17(27-10-23-14(19)6-2,28-11-24-15(20)7-3)29-12-25-16(21)8-4;1-5-9(12)11(14-7-3,15-8-4)10(13)6-2;1-5-10-9(11-6-2,12-7-3)13-8-4/h2*5-12H2,1-4H3;5-8H2,1-4H3;5-8H2,1-4H3. The van der Waals surface area contributed by atoms with Crippen LogP contribution in [0.25, 0.3) is 0 Å². The third-order valence-corrected chi connectivity index (χ3v) is 9.17. The average Bonchev–Trinajstić information content (AvgIpc) is 3.65. The zero-order valence-electron chi connectivity index (χ0n) is 53.0. The second kappa shape index (κ2) is 54.9. The van der Waals surface area contributed by atoms with Crippen LogP contribution in [0.4, 0.5) is 0 Å². The molecule has 0 aromatic carbocycles. The van der Waals surface area contributed by atoms with Crippen molar-refractivity contribution >= 4 is 59.3 Å². The molecule has 32 heteroatoms. The summed E-state index contributed by atoms with van der Waals surface area (Å²) < 4.78 is 111. The molecule has 0 saturated heterocycles. The molecular formula is C54H96O32. The second-order valence-corrected chi connectivity index (χ2v) is 15.2. The second-order valence-electron chi connectivity index (χ2n) is 15.2. The van der Waals surface area contributed by atoms with E-state index in [1.54, 1.807) is 83.1 Å². The van der Waals surface area contributed by atoms with Gasteiger partial charge in [0.2, 0.25) is 0 Å². The summed E-state index contributed by atoms with van der Waals surface area (Å²) in [5.41, 5.74) is 0. The quantitative estimate of drug-likeness (QED) is 0.0319. The minimum atomic E-state index is -2.53. The van der Waals surface area contributed by atoms with Gasteiger partial charge in [0.05, 0.1) is 39.6 Å². The SMILES string of the molecule is CCC(=O)OCOC(OCOC(=O)CC)(OCOC(=O)CC)OCOC(=O)CC.CCOC(=O)COC(OCOC(=O)CC)(OCOC(=O)CC)OCC(=O)OCC.CCOC(OCC)(C(=O)CC)C(=O)CC.CCOC(OCC)(OCC)OCC. The fourth-order valence-electron chi connectivity index (χ4n) is 5.16. The van der Waals surface area contributed by atoms with Crippen LogP contribution in [0.1, 0.15) is 162 Å². The lowest BCUT2D eigenvalue weighted by Gasteiger charge is -2.30. The summed E-state index contributed by atoms with van der Waals surface area (Å²) in [6.45, 7) is 24.0. The number of ether oxygens (including phenoxy) is 22. The average molecular weight is 1260 g/mol. The van der Waals surface area contributed by atoms with Crippen molar-refractivity contribution in [3.05, 3.63) is 0 Å². The largest absolute Gasteiger partial charge is 0.464 e. The van der Waals surface area contributed by atoms with Gasteiger partial charge in [-0.1, -0.05) is 55.4 Å². The summed E-state index contributed by atoms with van der Waals surface area (Å²) >= 11 is 0. The zero-order chi connectivity index (χ0) is 66.3. The number of Topliss-reactive ketones (excluding diaryl/α,β-unsaturated/α-hetero) is 2. The molecule has 0 fully saturated rings. The molecule has 0 aromatic rings. The fourth-order valence-corrected chi connectivity index (χ4v) is 5.16. The van der Waals surface area contributed by atoms with Crippen molar-refractivity contribution in [2.24, 2.45) is 0 Å². The molecular weight excluding hydrogens is 1160 g/mol. The number of carbonyl (C=O) groups excluding carboxylic acids is 10. The maximum atomic E-state index is 11.7. The predicted octanol–water partition coefficient (Wildman–Crippen LogP) is 5.38. The van der Waals surface area contributed by atoms with Gasteiger partial charge >= 0.3 is 66.2 Å². The third-order valence-electron chi connectivity index (χ3n) is 9.17. The number of hydrogen-bond donors (Lipinski definition) is 0. The van der Waals surface area contributed by atoms with E-state index in [0.717, 1.165) is 0 Å². The smallest absolute Gasteiger partial charge is 0.424 e. The van der Waals surface area contributed by atoms with Crippen LogP contribution >= 0.6 is 0 Å². The molecule has 32 nitrogen and oxygen atoms in total. The van der Waals surface area contributed by atoms with Crippen LogP contribution < -0.4 is 0 Å². The molecule has 0 unspecified atom stereocenters. The van der Waals surface area contributed by atoms with Gasteiger partial charge in [-0.25, -0.2) is 9.59 Å². The molecule has 0 aliphatic rings. The minimum absolute atomic E-state index is 0.0682. The predicted molar refractivity (Wildman–Crippen MR) is 290 cm³/mol. The highest BCUT2D eigenvalue weighted by molar-refractivity contribution is 6.08. The molecule has 0 aromatic heterocycles.